The van der Waals surface area contributed by atoms with Gasteiger partial charge in [-0.3, -0.25) is 9.59 Å². The zero-order valence-electron chi connectivity index (χ0n) is 14.1. The van der Waals surface area contributed by atoms with E-state index in [1.165, 1.54) is 24.3 Å². The Balaban J connectivity index is 1.82. The quantitative estimate of drug-likeness (QED) is 0.834. The van der Waals surface area contributed by atoms with Crippen molar-refractivity contribution in [3.63, 3.8) is 0 Å². The van der Waals surface area contributed by atoms with E-state index in [2.05, 4.69) is 10.0 Å². The van der Waals surface area contributed by atoms with Crippen molar-refractivity contribution in [1.82, 2.24) is 4.72 Å². The number of fused-ring (bicyclic) bond motifs is 1. The lowest BCUT2D eigenvalue weighted by Gasteiger charge is -2.24. The van der Waals surface area contributed by atoms with Crippen LogP contribution in [0.3, 0.4) is 0 Å². The number of hydrogen-bond donors (Lipinski definition) is 2. The van der Waals surface area contributed by atoms with Gasteiger partial charge in [-0.1, -0.05) is 18.2 Å². The number of benzene rings is 2. The lowest BCUT2D eigenvalue weighted by molar-refractivity contribution is -0.125. The van der Waals surface area contributed by atoms with Gasteiger partial charge in [-0.25, -0.2) is 13.1 Å². The van der Waals surface area contributed by atoms with Gasteiger partial charge in [0.1, 0.15) is 5.75 Å². The number of ether oxygens (including phenoxy) is 1. The van der Waals surface area contributed by atoms with E-state index in [0.29, 0.717) is 23.6 Å². The molecule has 0 spiro atoms. The molecule has 26 heavy (non-hydrogen) atoms. The van der Waals surface area contributed by atoms with Crippen molar-refractivity contribution in [1.29, 1.82) is 0 Å². The average Bonchev–Trinajstić information content (AvgIpc) is 2.61. The Labute approximate surface area is 151 Å². The first-order valence-electron chi connectivity index (χ1n) is 8.09. The van der Waals surface area contributed by atoms with Gasteiger partial charge in [0, 0.05) is 12.1 Å². The molecule has 0 saturated heterocycles. The molecule has 136 valence electrons. The van der Waals surface area contributed by atoms with Gasteiger partial charge in [0.2, 0.25) is 11.8 Å². The molecule has 0 aliphatic carbocycles. The number of hydrogen-bond acceptors (Lipinski definition) is 5. The normalized spacial score (nSPS) is 16.3. The Hall–Kier alpha value is -2.87. The molecule has 1 aliphatic rings. The summed E-state index contributed by atoms with van der Waals surface area (Å²) in [5.41, 5.74) is 1.11. The van der Waals surface area contributed by atoms with Crippen molar-refractivity contribution in [2.45, 2.75) is 24.2 Å². The van der Waals surface area contributed by atoms with Crippen molar-refractivity contribution in [3.05, 3.63) is 54.1 Å². The predicted octanol–water partition coefficient (Wildman–Crippen LogP) is 2.02. The predicted molar refractivity (Wildman–Crippen MR) is 95.4 cm³/mol. The highest BCUT2D eigenvalue weighted by Crippen LogP contribution is 2.32. The van der Waals surface area contributed by atoms with Gasteiger partial charge in [0.05, 0.1) is 17.4 Å². The largest absolute Gasteiger partial charge is 0.494 e. The van der Waals surface area contributed by atoms with Gasteiger partial charge in [0.25, 0.3) is 10.0 Å². The second-order valence-electron chi connectivity index (χ2n) is 5.77. The van der Waals surface area contributed by atoms with Crippen LogP contribution in [-0.4, -0.2) is 26.8 Å². The monoisotopic (exact) mass is 374 g/mol. The van der Waals surface area contributed by atoms with Crippen LogP contribution in [0.5, 0.6) is 5.75 Å². The van der Waals surface area contributed by atoms with Gasteiger partial charge in [-0.05, 0) is 42.8 Å². The summed E-state index contributed by atoms with van der Waals surface area (Å²) in [6, 6.07) is 12.6. The van der Waals surface area contributed by atoms with E-state index in [4.69, 9.17) is 4.74 Å². The maximum Gasteiger partial charge on any atom is 0.264 e. The van der Waals surface area contributed by atoms with Crippen LogP contribution in [0.25, 0.3) is 0 Å². The summed E-state index contributed by atoms with van der Waals surface area (Å²) in [6.07, 6.45) is -0.109. The lowest BCUT2D eigenvalue weighted by atomic mass is 9.90. The van der Waals surface area contributed by atoms with Gasteiger partial charge in [0.15, 0.2) is 0 Å². The third-order valence-corrected chi connectivity index (χ3v) is 5.36. The molecule has 2 amide bonds. The Kier molecular flexibility index (Phi) is 4.94. The maximum atomic E-state index is 12.6. The molecular formula is C18H18N2O5S. The van der Waals surface area contributed by atoms with Crippen LogP contribution in [0.4, 0.5) is 5.69 Å². The summed E-state index contributed by atoms with van der Waals surface area (Å²) in [5, 5.41) is 2.68. The summed E-state index contributed by atoms with van der Waals surface area (Å²) >= 11 is 0. The van der Waals surface area contributed by atoms with Crippen molar-refractivity contribution >= 4 is 27.5 Å². The van der Waals surface area contributed by atoms with E-state index in [9.17, 15) is 18.0 Å². The average molecular weight is 374 g/mol. The standard InChI is InChI=1S/C18H18N2O5S/c1-2-25-12-7-9-13(10-8-12)26(23,24)20-18(22)15-11-17(21)19-16-6-4-3-5-14(15)16/h3-10,15H,2,11H2,1H3,(H,19,21)(H,20,22). The minimum Gasteiger partial charge on any atom is -0.494 e. The molecule has 1 aliphatic heterocycles. The molecule has 1 heterocycles. The summed E-state index contributed by atoms with van der Waals surface area (Å²) < 4.78 is 32.3. The molecule has 2 aromatic rings. The van der Waals surface area contributed by atoms with E-state index in [0.717, 1.165) is 0 Å². The molecule has 0 aromatic heterocycles. The first-order valence-corrected chi connectivity index (χ1v) is 9.57. The molecule has 0 fully saturated rings. The summed E-state index contributed by atoms with van der Waals surface area (Å²) in [6.45, 7) is 2.29. The van der Waals surface area contributed by atoms with Crippen LogP contribution in [0.15, 0.2) is 53.4 Å². The van der Waals surface area contributed by atoms with Crippen LogP contribution in [0.2, 0.25) is 0 Å². The number of sulfonamides is 1. The van der Waals surface area contributed by atoms with Gasteiger partial charge in [-0.2, -0.15) is 0 Å². The molecule has 2 N–H and O–H groups in total. The Morgan fingerprint density at radius 2 is 1.88 bits per heavy atom. The first-order chi connectivity index (χ1) is 12.4. The van der Waals surface area contributed by atoms with E-state index in [1.54, 1.807) is 24.3 Å². The molecular weight excluding hydrogens is 356 g/mol. The smallest absolute Gasteiger partial charge is 0.264 e. The zero-order chi connectivity index (χ0) is 18.7. The molecule has 1 atom stereocenters. The van der Waals surface area contributed by atoms with Crippen LogP contribution in [0.1, 0.15) is 24.8 Å². The van der Waals surface area contributed by atoms with Crippen molar-refractivity contribution in [3.8, 4) is 5.75 Å². The van der Waals surface area contributed by atoms with E-state index < -0.39 is 21.8 Å². The van der Waals surface area contributed by atoms with Crippen LogP contribution in [0, 0.1) is 0 Å². The number of carbonyl (C=O) groups is 2. The van der Waals surface area contributed by atoms with Crippen molar-refractivity contribution in [2.75, 3.05) is 11.9 Å². The molecule has 2 aromatic carbocycles. The minimum atomic E-state index is -4.05. The molecule has 7 nitrogen and oxygen atoms in total. The Morgan fingerprint density at radius 1 is 1.19 bits per heavy atom. The fraction of sp³-hybridized carbons (Fsp3) is 0.222. The Morgan fingerprint density at radius 3 is 2.58 bits per heavy atom. The zero-order valence-corrected chi connectivity index (χ0v) is 14.9. The van der Waals surface area contributed by atoms with Gasteiger partial charge in [-0.15, -0.1) is 0 Å². The number of para-hydroxylation sites is 1. The number of anilines is 1. The third-order valence-electron chi connectivity index (χ3n) is 4.00. The van der Waals surface area contributed by atoms with Crippen molar-refractivity contribution in [2.24, 2.45) is 0 Å². The van der Waals surface area contributed by atoms with Gasteiger partial charge < -0.3 is 10.1 Å². The van der Waals surface area contributed by atoms with Gasteiger partial charge >= 0.3 is 0 Å². The topological polar surface area (TPSA) is 102 Å². The van der Waals surface area contributed by atoms with Crippen LogP contribution in [-0.2, 0) is 19.6 Å². The Bertz CT molecular complexity index is 938. The third kappa shape index (κ3) is 3.70. The van der Waals surface area contributed by atoms with E-state index in [-0.39, 0.29) is 17.2 Å². The SMILES string of the molecule is CCOc1ccc(S(=O)(=O)NC(=O)C2CC(=O)Nc3ccccc32)cc1. The molecule has 8 heteroatoms. The number of amides is 2. The highest BCUT2D eigenvalue weighted by molar-refractivity contribution is 7.90. The molecule has 0 radical (unpaired) electrons. The highest BCUT2D eigenvalue weighted by Gasteiger charge is 2.32. The van der Waals surface area contributed by atoms with Crippen molar-refractivity contribution < 1.29 is 22.7 Å². The number of nitrogens with one attached hydrogen (secondary N) is 2. The second-order valence-corrected chi connectivity index (χ2v) is 7.45. The highest BCUT2D eigenvalue weighted by atomic mass is 32.2. The van der Waals surface area contributed by atoms with Crippen LogP contribution >= 0.6 is 0 Å². The fourth-order valence-corrected chi connectivity index (χ4v) is 3.81. The number of rotatable bonds is 5. The summed E-state index contributed by atoms with van der Waals surface area (Å²) in [5.74, 6) is -1.39. The maximum absolute atomic E-state index is 12.6. The molecule has 3 rings (SSSR count). The minimum absolute atomic E-state index is 0.0529. The van der Waals surface area contributed by atoms with E-state index in [1.807, 2.05) is 6.92 Å². The summed E-state index contributed by atoms with van der Waals surface area (Å²) in [7, 11) is -4.05. The summed E-state index contributed by atoms with van der Waals surface area (Å²) in [4.78, 5) is 24.3. The number of carbonyl (C=O) groups excluding carboxylic acids is 2. The van der Waals surface area contributed by atoms with Crippen LogP contribution < -0.4 is 14.8 Å². The fourth-order valence-electron chi connectivity index (χ4n) is 2.79. The molecule has 0 saturated carbocycles. The second kappa shape index (κ2) is 7.17. The lowest BCUT2D eigenvalue weighted by Crippen LogP contribution is -2.38. The molecule has 0 bridgehead atoms. The molecule has 1 unspecified atom stereocenters. The van der Waals surface area contributed by atoms with E-state index >= 15 is 0 Å². The first kappa shape index (κ1) is 17.9.